The Balaban J connectivity index is 1.91. The van der Waals surface area contributed by atoms with Gasteiger partial charge in [0.25, 0.3) is 0 Å². The molecule has 1 aromatic carbocycles. The maximum atomic E-state index is 12.5. The Morgan fingerprint density at radius 2 is 1.90 bits per heavy atom. The smallest absolute Gasteiger partial charge is 0.341 e. The Morgan fingerprint density at radius 3 is 2.55 bits per heavy atom. The van der Waals surface area contributed by atoms with Crippen molar-refractivity contribution in [2.75, 3.05) is 0 Å². The number of hydrogen-bond donors (Lipinski definition) is 1. The van der Waals surface area contributed by atoms with Crippen molar-refractivity contribution in [1.29, 1.82) is 0 Å². The molecule has 0 radical (unpaired) electrons. The summed E-state index contributed by atoms with van der Waals surface area (Å²) in [7, 11) is 0. The largest absolute Gasteiger partial charge is 0.490 e. The normalized spacial score (nSPS) is 15.5. The fraction of sp³-hybridized carbons (Fsp3) is 0.375. The zero-order valence-corrected chi connectivity index (χ0v) is 18.4. The molecule has 1 atom stereocenters. The fourth-order valence-corrected chi connectivity index (χ4v) is 4.04. The molecule has 0 aliphatic carbocycles. The first-order valence-electron chi connectivity index (χ1n) is 10.4. The number of pyridine rings is 1. The molecule has 3 aromatic rings. The van der Waals surface area contributed by atoms with Crippen LogP contribution in [0.25, 0.3) is 22.6 Å². The molecule has 3 heterocycles. The number of carbonyl (C=O) groups is 1. The van der Waals surface area contributed by atoms with Crippen molar-refractivity contribution in [2.45, 2.75) is 53.3 Å². The van der Waals surface area contributed by atoms with Crippen molar-refractivity contribution in [3.63, 3.8) is 0 Å². The molecule has 31 heavy (non-hydrogen) atoms. The molecule has 0 bridgehead atoms. The zero-order valence-electron chi connectivity index (χ0n) is 18.4. The number of carboxylic acids is 1. The Hall–Kier alpha value is -3.35. The highest BCUT2D eigenvalue weighted by atomic mass is 16.5. The van der Waals surface area contributed by atoms with Gasteiger partial charge in [-0.25, -0.2) is 4.79 Å². The Kier molecular flexibility index (Phi) is 5.00. The molecule has 1 aliphatic rings. The predicted octanol–water partition coefficient (Wildman–Crippen LogP) is 4.47. The lowest BCUT2D eigenvalue weighted by molar-refractivity contribution is 0.0693. The van der Waals surface area contributed by atoms with E-state index < -0.39 is 11.4 Å². The van der Waals surface area contributed by atoms with E-state index in [-0.39, 0.29) is 23.1 Å². The summed E-state index contributed by atoms with van der Waals surface area (Å²) in [4.78, 5) is 24.1. The molecule has 0 spiro atoms. The first kappa shape index (κ1) is 20.9. The highest BCUT2D eigenvalue weighted by molar-refractivity contribution is 5.87. The molecule has 7 heteroatoms. The number of aromatic carboxylic acids is 1. The van der Waals surface area contributed by atoms with Crippen molar-refractivity contribution < 1.29 is 14.6 Å². The second-order valence-corrected chi connectivity index (χ2v) is 9.29. The molecule has 1 N–H and O–H groups in total. The maximum Gasteiger partial charge on any atom is 0.341 e. The Morgan fingerprint density at radius 1 is 1.19 bits per heavy atom. The van der Waals surface area contributed by atoms with Gasteiger partial charge in [-0.1, -0.05) is 32.9 Å². The third kappa shape index (κ3) is 3.76. The van der Waals surface area contributed by atoms with E-state index in [1.165, 1.54) is 12.3 Å². The highest BCUT2D eigenvalue weighted by Crippen LogP contribution is 2.41. The zero-order chi connectivity index (χ0) is 22.5. The van der Waals surface area contributed by atoms with Gasteiger partial charge in [0.05, 0.1) is 35.8 Å². The van der Waals surface area contributed by atoms with E-state index in [2.05, 4.69) is 20.8 Å². The average molecular weight is 421 g/mol. The fourth-order valence-electron chi connectivity index (χ4n) is 4.04. The minimum atomic E-state index is -1.22. The third-order valence-corrected chi connectivity index (χ3v) is 5.56. The van der Waals surface area contributed by atoms with Crippen molar-refractivity contribution in [2.24, 2.45) is 5.41 Å². The molecule has 0 saturated heterocycles. The summed E-state index contributed by atoms with van der Waals surface area (Å²) in [5.74, 6) is -0.466. The van der Waals surface area contributed by atoms with Gasteiger partial charge in [-0.05, 0) is 37.5 Å². The average Bonchev–Trinajstić information content (AvgIpc) is 3.10. The molecular formula is C24H27N3O4. The quantitative estimate of drug-likeness (QED) is 0.672. The molecule has 162 valence electrons. The van der Waals surface area contributed by atoms with E-state index in [1.54, 1.807) is 0 Å². The van der Waals surface area contributed by atoms with Gasteiger partial charge in [0.2, 0.25) is 0 Å². The molecular weight excluding hydrogens is 394 g/mol. The Labute approximate surface area is 180 Å². The monoisotopic (exact) mass is 421 g/mol. The van der Waals surface area contributed by atoms with Gasteiger partial charge >= 0.3 is 5.97 Å². The summed E-state index contributed by atoms with van der Waals surface area (Å²) in [6, 6.07) is 11.0. The van der Waals surface area contributed by atoms with Crippen molar-refractivity contribution in [1.82, 2.24) is 14.3 Å². The van der Waals surface area contributed by atoms with Crippen molar-refractivity contribution in [3.05, 3.63) is 58.4 Å². The van der Waals surface area contributed by atoms with Crippen LogP contribution in [0.3, 0.4) is 0 Å². The number of ether oxygens (including phenoxy) is 1. The lowest BCUT2D eigenvalue weighted by atomic mass is 9.85. The highest BCUT2D eigenvalue weighted by Gasteiger charge is 2.34. The summed E-state index contributed by atoms with van der Waals surface area (Å²) in [5, 5.41) is 14.3. The molecule has 1 aliphatic heterocycles. The summed E-state index contributed by atoms with van der Waals surface area (Å²) in [5.41, 5.74) is 2.17. The number of rotatable bonds is 4. The van der Waals surface area contributed by atoms with Crippen LogP contribution in [0, 0.1) is 5.41 Å². The first-order chi connectivity index (χ1) is 14.6. The second-order valence-electron chi connectivity index (χ2n) is 9.29. The molecule has 0 fully saturated rings. The van der Waals surface area contributed by atoms with Crippen LogP contribution in [0.15, 0.2) is 47.4 Å². The molecule has 0 saturated carbocycles. The summed E-state index contributed by atoms with van der Waals surface area (Å²) >= 11 is 0. The van der Waals surface area contributed by atoms with Gasteiger partial charge in [0.15, 0.2) is 5.43 Å². The molecule has 0 unspecified atom stereocenters. The van der Waals surface area contributed by atoms with Crippen molar-refractivity contribution >= 4 is 5.97 Å². The second kappa shape index (κ2) is 7.41. The third-order valence-electron chi connectivity index (χ3n) is 5.56. The van der Waals surface area contributed by atoms with Gasteiger partial charge in [0.1, 0.15) is 11.3 Å². The number of carboxylic acid groups (broad SMARTS) is 1. The van der Waals surface area contributed by atoms with Crippen LogP contribution in [0.4, 0.5) is 0 Å². The number of hydrogen-bond acceptors (Lipinski definition) is 4. The molecule has 0 amide bonds. The van der Waals surface area contributed by atoms with Gasteiger partial charge in [-0.2, -0.15) is 5.10 Å². The molecule has 2 aromatic heterocycles. The topological polar surface area (TPSA) is 86.3 Å². The number of fused-ring (bicyclic) bond motifs is 3. The maximum absolute atomic E-state index is 12.5. The molecule has 4 rings (SSSR count). The number of para-hydroxylation sites is 1. The minimum Gasteiger partial charge on any atom is -0.490 e. The summed E-state index contributed by atoms with van der Waals surface area (Å²) in [6.07, 6.45) is 1.50. The number of benzene rings is 1. The van der Waals surface area contributed by atoms with Crippen LogP contribution in [0.5, 0.6) is 5.75 Å². The van der Waals surface area contributed by atoms with Crippen molar-refractivity contribution in [3.8, 4) is 28.4 Å². The lowest BCUT2D eigenvalue weighted by Crippen LogP contribution is -2.35. The first-order valence-corrected chi connectivity index (χ1v) is 10.4. The van der Waals surface area contributed by atoms with E-state index in [0.29, 0.717) is 12.2 Å². The van der Waals surface area contributed by atoms with Crippen LogP contribution in [-0.4, -0.2) is 31.5 Å². The van der Waals surface area contributed by atoms with E-state index >= 15 is 0 Å². The van der Waals surface area contributed by atoms with Gasteiger partial charge < -0.3 is 14.4 Å². The number of aromatic nitrogens is 3. The SMILES string of the molecule is CC(C)Oc1ccccc1-c1cc2n(n1)C[C@@H](C(C)(C)C)n1cc(C(=O)O)c(=O)cc1-2. The lowest BCUT2D eigenvalue weighted by Gasteiger charge is -2.38. The van der Waals surface area contributed by atoms with Crippen LogP contribution in [0.2, 0.25) is 0 Å². The Bertz CT molecular complexity index is 1210. The van der Waals surface area contributed by atoms with E-state index in [1.807, 2.05) is 53.4 Å². The van der Waals surface area contributed by atoms with E-state index in [4.69, 9.17) is 9.84 Å². The summed E-state index contributed by atoms with van der Waals surface area (Å²) < 4.78 is 9.80. The standard InChI is InChI=1S/C24H27N3O4/c1-14(2)31-21-9-7-6-8-15(21)17-10-19-18-11-20(28)16(23(29)30)12-26(18)22(24(3,4)5)13-27(19)25-17/h6-12,14,22H,13H2,1-5H3,(H,29,30)/t22-/m0/s1. The summed E-state index contributed by atoms with van der Waals surface area (Å²) in [6.45, 7) is 10.8. The minimum absolute atomic E-state index is 0.0254. The number of nitrogens with zero attached hydrogens (tertiary/aromatic N) is 3. The van der Waals surface area contributed by atoms with Gasteiger partial charge in [-0.3, -0.25) is 9.48 Å². The van der Waals surface area contributed by atoms with Crippen LogP contribution < -0.4 is 10.2 Å². The van der Waals surface area contributed by atoms with Crippen LogP contribution >= 0.6 is 0 Å². The van der Waals surface area contributed by atoms with Crippen LogP contribution in [0.1, 0.15) is 51.0 Å². The van der Waals surface area contributed by atoms with E-state index in [0.717, 1.165) is 22.7 Å². The van der Waals surface area contributed by atoms with Gasteiger partial charge in [0, 0.05) is 17.8 Å². The van der Waals surface area contributed by atoms with Crippen LogP contribution in [-0.2, 0) is 6.54 Å². The molecule has 7 nitrogen and oxygen atoms in total. The van der Waals surface area contributed by atoms with E-state index in [9.17, 15) is 14.7 Å². The van der Waals surface area contributed by atoms with Gasteiger partial charge in [-0.15, -0.1) is 0 Å². The predicted molar refractivity (Wildman–Crippen MR) is 119 cm³/mol.